The number of amides is 1. The molecule has 1 amide bonds. The van der Waals surface area contributed by atoms with Gasteiger partial charge in [0.15, 0.2) is 9.84 Å². The molecule has 5 nitrogen and oxygen atoms in total. The lowest BCUT2D eigenvalue weighted by atomic mass is 9.99. The van der Waals surface area contributed by atoms with Gasteiger partial charge in [0.05, 0.1) is 5.75 Å². The van der Waals surface area contributed by atoms with Gasteiger partial charge in [-0.1, -0.05) is 13.3 Å². The van der Waals surface area contributed by atoms with E-state index in [-0.39, 0.29) is 35.4 Å². The van der Waals surface area contributed by atoms with E-state index in [4.69, 9.17) is 5.73 Å². The summed E-state index contributed by atoms with van der Waals surface area (Å²) >= 11 is 0. The Balaban J connectivity index is 2.62. The van der Waals surface area contributed by atoms with Crippen LogP contribution < -0.4 is 5.73 Å². The van der Waals surface area contributed by atoms with Gasteiger partial charge in [-0.15, -0.1) is 0 Å². The highest BCUT2D eigenvalue weighted by atomic mass is 32.2. The largest absolute Gasteiger partial charge is 0.339 e. The molecule has 0 aromatic carbocycles. The molecular formula is C14H28N2O3S. The summed E-state index contributed by atoms with van der Waals surface area (Å²) in [4.78, 5) is 14.0. The number of carbonyl (C=O) groups excluding carboxylic acids is 1. The molecule has 1 fully saturated rings. The second kappa shape index (κ2) is 7.41. The fourth-order valence-electron chi connectivity index (χ4n) is 2.97. The highest BCUT2D eigenvalue weighted by molar-refractivity contribution is 7.91. The summed E-state index contributed by atoms with van der Waals surface area (Å²) in [7, 11) is -3.06. The van der Waals surface area contributed by atoms with Crippen molar-refractivity contribution in [2.24, 2.45) is 11.7 Å². The van der Waals surface area contributed by atoms with Gasteiger partial charge in [0.25, 0.3) is 0 Å². The van der Waals surface area contributed by atoms with Crippen LogP contribution >= 0.6 is 0 Å². The van der Waals surface area contributed by atoms with Gasteiger partial charge in [0, 0.05) is 30.8 Å². The average Bonchev–Trinajstić information content (AvgIpc) is 2.75. The number of carbonyl (C=O) groups is 1. The van der Waals surface area contributed by atoms with Crippen LogP contribution in [-0.2, 0) is 14.6 Å². The highest BCUT2D eigenvalue weighted by Crippen LogP contribution is 2.27. The summed E-state index contributed by atoms with van der Waals surface area (Å²) in [6.45, 7) is 5.88. The lowest BCUT2D eigenvalue weighted by Gasteiger charge is -2.29. The summed E-state index contributed by atoms with van der Waals surface area (Å²) in [5.74, 6) is 0.455. The van der Waals surface area contributed by atoms with Gasteiger partial charge in [-0.25, -0.2) is 8.42 Å². The molecule has 3 atom stereocenters. The van der Waals surface area contributed by atoms with Crippen molar-refractivity contribution in [3.63, 3.8) is 0 Å². The van der Waals surface area contributed by atoms with Crippen molar-refractivity contribution in [2.45, 2.75) is 58.5 Å². The fourth-order valence-corrected chi connectivity index (χ4v) is 4.12. The van der Waals surface area contributed by atoms with Crippen molar-refractivity contribution < 1.29 is 13.2 Å². The first-order valence-electron chi connectivity index (χ1n) is 7.56. The first-order chi connectivity index (χ1) is 9.30. The molecule has 0 heterocycles. The maximum Gasteiger partial charge on any atom is 0.223 e. The minimum absolute atomic E-state index is 0.0358. The first-order valence-corrected chi connectivity index (χ1v) is 9.38. The van der Waals surface area contributed by atoms with Gasteiger partial charge in [-0.2, -0.15) is 0 Å². The molecule has 0 aliphatic heterocycles. The zero-order valence-electron chi connectivity index (χ0n) is 12.8. The quantitative estimate of drug-likeness (QED) is 0.766. The Bertz CT molecular complexity index is 422. The van der Waals surface area contributed by atoms with E-state index in [1.807, 2.05) is 13.8 Å². The van der Waals surface area contributed by atoms with Crippen LogP contribution in [0.15, 0.2) is 0 Å². The predicted molar refractivity (Wildman–Crippen MR) is 81.1 cm³/mol. The second-order valence-corrected chi connectivity index (χ2v) is 8.18. The molecule has 0 aromatic rings. The molecule has 1 unspecified atom stereocenters. The summed E-state index contributed by atoms with van der Waals surface area (Å²) < 4.78 is 23.4. The number of rotatable bonds is 7. The van der Waals surface area contributed by atoms with Crippen molar-refractivity contribution in [2.75, 3.05) is 18.1 Å². The van der Waals surface area contributed by atoms with Crippen LogP contribution in [0.4, 0.5) is 0 Å². The first kappa shape index (κ1) is 17.4. The molecule has 1 saturated carbocycles. The lowest BCUT2D eigenvalue weighted by molar-refractivity contribution is -0.133. The third-order valence-electron chi connectivity index (χ3n) is 4.28. The van der Waals surface area contributed by atoms with Crippen molar-refractivity contribution in [1.82, 2.24) is 4.90 Å². The van der Waals surface area contributed by atoms with Gasteiger partial charge in [0.1, 0.15) is 0 Å². The molecule has 1 aliphatic rings. The van der Waals surface area contributed by atoms with E-state index in [9.17, 15) is 13.2 Å². The molecule has 0 aromatic heterocycles. The topological polar surface area (TPSA) is 80.5 Å². The highest BCUT2D eigenvalue weighted by Gasteiger charge is 2.30. The molecule has 118 valence electrons. The summed E-state index contributed by atoms with van der Waals surface area (Å²) in [5, 5.41) is 0. The second-order valence-electron chi connectivity index (χ2n) is 5.79. The predicted octanol–water partition coefficient (Wildman–Crippen LogP) is 1.18. The van der Waals surface area contributed by atoms with Crippen LogP contribution in [0.25, 0.3) is 0 Å². The number of nitrogens with zero attached hydrogens (tertiary/aromatic N) is 1. The summed E-state index contributed by atoms with van der Waals surface area (Å²) in [6, 6.07) is -0.151. The van der Waals surface area contributed by atoms with Crippen LogP contribution in [-0.4, -0.2) is 49.4 Å². The molecule has 0 bridgehead atoms. The monoisotopic (exact) mass is 304 g/mol. The van der Waals surface area contributed by atoms with E-state index in [0.717, 1.165) is 19.3 Å². The van der Waals surface area contributed by atoms with Crippen LogP contribution in [0.1, 0.15) is 46.5 Å². The van der Waals surface area contributed by atoms with Crippen LogP contribution in [0.3, 0.4) is 0 Å². The maximum atomic E-state index is 12.4. The van der Waals surface area contributed by atoms with Gasteiger partial charge in [-0.05, 0) is 32.6 Å². The molecule has 6 heteroatoms. The van der Waals surface area contributed by atoms with Crippen molar-refractivity contribution in [3.05, 3.63) is 0 Å². The smallest absolute Gasteiger partial charge is 0.223 e. The molecule has 20 heavy (non-hydrogen) atoms. The van der Waals surface area contributed by atoms with Gasteiger partial charge in [-0.3, -0.25) is 4.79 Å². The van der Waals surface area contributed by atoms with E-state index in [0.29, 0.717) is 13.0 Å². The van der Waals surface area contributed by atoms with E-state index >= 15 is 0 Å². The molecular weight excluding hydrogens is 276 g/mol. The maximum absolute atomic E-state index is 12.4. The fraction of sp³-hybridized carbons (Fsp3) is 0.929. The molecule has 1 aliphatic carbocycles. The molecule has 2 N–H and O–H groups in total. The average molecular weight is 304 g/mol. The van der Waals surface area contributed by atoms with Crippen molar-refractivity contribution in [1.29, 1.82) is 0 Å². The minimum atomic E-state index is -3.06. The Morgan fingerprint density at radius 1 is 1.35 bits per heavy atom. The summed E-state index contributed by atoms with van der Waals surface area (Å²) in [5.41, 5.74) is 6.00. The number of nitrogens with two attached hydrogens (primary N) is 1. The van der Waals surface area contributed by atoms with Gasteiger partial charge >= 0.3 is 0 Å². The molecule has 0 saturated heterocycles. The van der Waals surface area contributed by atoms with E-state index < -0.39 is 9.84 Å². The van der Waals surface area contributed by atoms with Gasteiger partial charge in [0.2, 0.25) is 5.91 Å². The van der Waals surface area contributed by atoms with E-state index in [1.165, 1.54) is 0 Å². The Morgan fingerprint density at radius 3 is 2.45 bits per heavy atom. The molecule has 1 rings (SSSR count). The van der Waals surface area contributed by atoms with Crippen molar-refractivity contribution in [3.8, 4) is 0 Å². The van der Waals surface area contributed by atoms with Crippen LogP contribution in [0.2, 0.25) is 0 Å². The van der Waals surface area contributed by atoms with Crippen LogP contribution in [0.5, 0.6) is 0 Å². The Morgan fingerprint density at radius 2 is 2.00 bits per heavy atom. The number of sulfone groups is 1. The van der Waals surface area contributed by atoms with Crippen molar-refractivity contribution >= 4 is 15.7 Å². The Kier molecular flexibility index (Phi) is 6.45. The third-order valence-corrected chi connectivity index (χ3v) is 6.15. The molecule has 0 radical (unpaired) electrons. The van der Waals surface area contributed by atoms with Gasteiger partial charge < -0.3 is 10.6 Å². The molecule has 0 spiro atoms. The standard InChI is InChI=1S/C14H28N2O3S/c1-4-16(11(3)10-20(18,19)5-2)14(17)9-12-7-6-8-13(12)15/h11-13H,4-10,15H2,1-3H3/t11?,12-,13+/m0/s1. The minimum Gasteiger partial charge on any atom is -0.339 e. The third kappa shape index (κ3) is 4.74. The van der Waals surface area contributed by atoms with E-state index in [2.05, 4.69) is 0 Å². The summed E-state index contributed by atoms with van der Waals surface area (Å²) in [6.07, 6.45) is 3.53. The SMILES string of the molecule is CCN(C(=O)C[C@@H]1CCC[C@H]1N)C(C)CS(=O)(=O)CC. The van der Waals surface area contributed by atoms with E-state index in [1.54, 1.807) is 11.8 Å². The number of hydrogen-bond acceptors (Lipinski definition) is 4. The van der Waals surface area contributed by atoms with Crippen LogP contribution in [0, 0.1) is 5.92 Å². The number of hydrogen-bond donors (Lipinski definition) is 1. The normalized spacial score (nSPS) is 24.6. The zero-order chi connectivity index (χ0) is 15.3. The Labute approximate surface area is 122 Å². The zero-order valence-corrected chi connectivity index (χ0v) is 13.7. The Hall–Kier alpha value is -0.620. The lowest BCUT2D eigenvalue weighted by Crippen LogP contribution is -2.44.